The third-order valence-corrected chi connectivity index (χ3v) is 4.92. The lowest BCUT2D eigenvalue weighted by Crippen LogP contribution is -2.31. The van der Waals surface area contributed by atoms with Crippen LogP contribution in [0.3, 0.4) is 0 Å². The lowest BCUT2D eigenvalue weighted by molar-refractivity contribution is 0.308. The van der Waals surface area contributed by atoms with Gasteiger partial charge in [-0.3, -0.25) is 4.90 Å². The maximum absolute atomic E-state index is 3.61. The first kappa shape index (κ1) is 13.6. The zero-order valence-electron chi connectivity index (χ0n) is 13.0. The lowest BCUT2D eigenvalue weighted by atomic mass is 9.95. The number of nitrogens with one attached hydrogen (secondary N) is 1. The maximum atomic E-state index is 3.61. The average molecular weight is 290 g/mol. The van der Waals surface area contributed by atoms with Gasteiger partial charge in [0.1, 0.15) is 0 Å². The third kappa shape index (κ3) is 2.34. The number of likely N-dealkylation sites (tertiary alicyclic amines) is 1. The molecule has 4 rings (SSSR count). The zero-order chi connectivity index (χ0) is 14.9. The number of fused-ring (bicyclic) bond motifs is 2. The molecule has 0 spiro atoms. The molecule has 0 aromatic heterocycles. The summed E-state index contributed by atoms with van der Waals surface area (Å²) in [5.41, 5.74) is 6.44. The highest BCUT2D eigenvalue weighted by molar-refractivity contribution is 5.95. The number of rotatable bonds is 2. The summed E-state index contributed by atoms with van der Waals surface area (Å²) in [5, 5.41) is 3.61. The van der Waals surface area contributed by atoms with Crippen LogP contribution in [0.15, 0.2) is 48.5 Å². The van der Waals surface area contributed by atoms with Crippen LogP contribution >= 0.6 is 0 Å². The molecule has 2 aromatic carbocycles. The van der Waals surface area contributed by atoms with Gasteiger partial charge in [-0.05, 0) is 62.2 Å². The van der Waals surface area contributed by atoms with Crippen molar-refractivity contribution in [1.29, 1.82) is 0 Å². The number of benzene rings is 2. The van der Waals surface area contributed by atoms with Gasteiger partial charge in [0.25, 0.3) is 0 Å². The van der Waals surface area contributed by atoms with Crippen LogP contribution in [0.4, 0.5) is 11.4 Å². The van der Waals surface area contributed by atoms with Crippen molar-refractivity contribution in [2.75, 3.05) is 18.4 Å². The van der Waals surface area contributed by atoms with Gasteiger partial charge in [0.2, 0.25) is 0 Å². The summed E-state index contributed by atoms with van der Waals surface area (Å²) < 4.78 is 0. The summed E-state index contributed by atoms with van der Waals surface area (Å²) in [7, 11) is 0. The molecule has 22 heavy (non-hydrogen) atoms. The van der Waals surface area contributed by atoms with E-state index < -0.39 is 0 Å². The van der Waals surface area contributed by atoms with E-state index >= 15 is 0 Å². The van der Waals surface area contributed by atoms with Crippen LogP contribution in [0.25, 0.3) is 11.6 Å². The molecule has 112 valence electrons. The van der Waals surface area contributed by atoms with Gasteiger partial charge in [0.15, 0.2) is 0 Å². The van der Waals surface area contributed by atoms with Gasteiger partial charge in [-0.1, -0.05) is 36.4 Å². The number of anilines is 2. The molecule has 1 atom stereocenters. The van der Waals surface area contributed by atoms with Crippen molar-refractivity contribution < 1.29 is 0 Å². The molecule has 1 saturated heterocycles. The van der Waals surface area contributed by atoms with E-state index in [9.17, 15) is 0 Å². The van der Waals surface area contributed by atoms with Gasteiger partial charge < -0.3 is 5.32 Å². The molecule has 0 bridgehead atoms. The summed E-state index contributed by atoms with van der Waals surface area (Å²) >= 11 is 0. The van der Waals surface area contributed by atoms with Crippen molar-refractivity contribution in [3.8, 4) is 0 Å². The van der Waals surface area contributed by atoms with E-state index in [2.05, 4.69) is 71.7 Å². The Labute approximate surface area is 132 Å². The van der Waals surface area contributed by atoms with E-state index in [-0.39, 0.29) is 0 Å². The van der Waals surface area contributed by atoms with Crippen molar-refractivity contribution in [3.05, 3.63) is 59.7 Å². The van der Waals surface area contributed by atoms with Gasteiger partial charge >= 0.3 is 0 Å². The average Bonchev–Trinajstić information content (AvgIpc) is 3.03. The number of nitrogens with zero attached hydrogens (tertiary/aromatic N) is 1. The van der Waals surface area contributed by atoms with Crippen molar-refractivity contribution >= 4 is 23.0 Å². The highest BCUT2D eigenvalue weighted by atomic mass is 15.2. The first-order chi connectivity index (χ1) is 10.8. The monoisotopic (exact) mass is 290 g/mol. The molecule has 0 aliphatic carbocycles. The molecule has 1 N–H and O–H groups in total. The summed E-state index contributed by atoms with van der Waals surface area (Å²) in [6.45, 7) is 4.79. The Morgan fingerprint density at radius 2 is 1.59 bits per heavy atom. The Morgan fingerprint density at radius 3 is 2.41 bits per heavy atom. The summed E-state index contributed by atoms with van der Waals surface area (Å²) in [4.78, 5) is 2.61. The minimum atomic E-state index is 0.455. The molecule has 1 fully saturated rings. The van der Waals surface area contributed by atoms with E-state index in [1.165, 1.54) is 54.0 Å². The number of hydrogen-bond donors (Lipinski definition) is 1. The van der Waals surface area contributed by atoms with Crippen molar-refractivity contribution in [2.45, 2.75) is 25.8 Å². The predicted octanol–water partition coefficient (Wildman–Crippen LogP) is 4.77. The van der Waals surface area contributed by atoms with Crippen LogP contribution in [0, 0.1) is 0 Å². The molecule has 2 aromatic rings. The van der Waals surface area contributed by atoms with Crippen LogP contribution < -0.4 is 5.32 Å². The highest BCUT2D eigenvalue weighted by Gasteiger charge is 2.25. The van der Waals surface area contributed by atoms with Gasteiger partial charge in [-0.2, -0.15) is 0 Å². The number of para-hydroxylation sites is 2. The fourth-order valence-corrected chi connectivity index (χ4v) is 3.64. The van der Waals surface area contributed by atoms with Crippen molar-refractivity contribution in [1.82, 2.24) is 4.90 Å². The first-order valence-corrected chi connectivity index (χ1v) is 8.24. The van der Waals surface area contributed by atoms with Gasteiger partial charge in [-0.25, -0.2) is 0 Å². The van der Waals surface area contributed by atoms with Crippen LogP contribution in [0.2, 0.25) is 0 Å². The van der Waals surface area contributed by atoms with Crippen LogP contribution in [-0.4, -0.2) is 24.0 Å². The van der Waals surface area contributed by atoms with Crippen molar-refractivity contribution in [3.63, 3.8) is 0 Å². The molecular weight excluding hydrogens is 268 g/mol. The Balaban J connectivity index is 1.84. The van der Waals surface area contributed by atoms with Crippen LogP contribution in [-0.2, 0) is 0 Å². The molecule has 0 radical (unpaired) electrons. The molecule has 2 heteroatoms. The van der Waals surface area contributed by atoms with Gasteiger partial charge in [-0.15, -0.1) is 0 Å². The first-order valence-electron chi connectivity index (χ1n) is 8.24. The van der Waals surface area contributed by atoms with E-state index in [1.807, 2.05) is 0 Å². The topological polar surface area (TPSA) is 15.3 Å². The fourth-order valence-electron chi connectivity index (χ4n) is 3.64. The highest BCUT2D eigenvalue weighted by Crippen LogP contribution is 2.37. The molecule has 2 heterocycles. The summed E-state index contributed by atoms with van der Waals surface area (Å²) in [6, 6.07) is 17.7. The standard InChI is InChI=1S/C20H22N2/c1-15(22-12-6-7-13-22)18-14-16-8-2-4-10-19(16)21-20-11-5-3-9-17(18)20/h2-5,8-11,14-15,21H,6-7,12-13H2,1H3. The Kier molecular flexibility index (Phi) is 3.47. The Hall–Kier alpha value is -2.06. The van der Waals surface area contributed by atoms with Gasteiger partial charge in [0, 0.05) is 23.0 Å². The lowest BCUT2D eigenvalue weighted by Gasteiger charge is -2.27. The minimum Gasteiger partial charge on any atom is -0.355 e. The molecule has 0 saturated carbocycles. The Morgan fingerprint density at radius 1 is 0.909 bits per heavy atom. The molecule has 2 aliphatic rings. The zero-order valence-corrected chi connectivity index (χ0v) is 13.0. The smallest absolute Gasteiger partial charge is 0.0461 e. The van der Waals surface area contributed by atoms with E-state index in [1.54, 1.807) is 0 Å². The number of hydrogen-bond acceptors (Lipinski definition) is 2. The normalized spacial score (nSPS) is 18.7. The molecule has 1 unspecified atom stereocenters. The molecule has 2 nitrogen and oxygen atoms in total. The minimum absolute atomic E-state index is 0.455. The van der Waals surface area contributed by atoms with E-state index in [4.69, 9.17) is 0 Å². The summed E-state index contributed by atoms with van der Waals surface area (Å²) in [5.74, 6) is 0. The van der Waals surface area contributed by atoms with E-state index in [0.29, 0.717) is 6.04 Å². The Bertz CT molecular complexity index is 711. The second kappa shape index (κ2) is 5.62. The fraction of sp³-hybridized carbons (Fsp3) is 0.300. The van der Waals surface area contributed by atoms with Crippen LogP contribution in [0.5, 0.6) is 0 Å². The molecule has 2 aliphatic heterocycles. The van der Waals surface area contributed by atoms with E-state index in [0.717, 1.165) is 0 Å². The largest absolute Gasteiger partial charge is 0.355 e. The van der Waals surface area contributed by atoms with Gasteiger partial charge in [0.05, 0.1) is 0 Å². The maximum Gasteiger partial charge on any atom is 0.0461 e. The third-order valence-electron chi connectivity index (χ3n) is 4.92. The molecular formula is C20H22N2. The second-order valence-electron chi connectivity index (χ2n) is 6.28. The quantitative estimate of drug-likeness (QED) is 0.857. The molecule has 0 amide bonds. The van der Waals surface area contributed by atoms with Crippen LogP contribution in [0.1, 0.15) is 30.9 Å². The summed E-state index contributed by atoms with van der Waals surface area (Å²) in [6.07, 6.45) is 5.03. The second-order valence-corrected chi connectivity index (χ2v) is 6.28. The predicted molar refractivity (Wildman–Crippen MR) is 94.3 cm³/mol. The SMILES string of the molecule is CC(C1=Cc2ccccc2Nc2ccccc21)N1CCCC1. The van der Waals surface area contributed by atoms with Crippen molar-refractivity contribution in [2.24, 2.45) is 0 Å².